The predicted molar refractivity (Wildman–Crippen MR) is 139 cm³/mol. The molecule has 3 aromatic rings. The maximum absolute atomic E-state index is 10.8. The molecule has 0 aromatic heterocycles. The van der Waals surface area contributed by atoms with Crippen LogP contribution in [0.25, 0.3) is 11.1 Å². The van der Waals surface area contributed by atoms with Gasteiger partial charge in [-0.05, 0) is 79.1 Å². The molecule has 3 aromatic carbocycles. The lowest BCUT2D eigenvalue weighted by atomic mass is 9.84. The Labute approximate surface area is 202 Å². The summed E-state index contributed by atoms with van der Waals surface area (Å²) in [5.41, 5.74) is 15.2. The number of aryl methyl sites for hydroxylation is 1. The van der Waals surface area contributed by atoms with Crippen LogP contribution in [0.3, 0.4) is 0 Å². The lowest BCUT2D eigenvalue weighted by Crippen LogP contribution is -2.21. The molecule has 1 aliphatic carbocycles. The molecule has 0 unspecified atom stereocenters. The monoisotopic (exact) mass is 460 g/mol. The van der Waals surface area contributed by atoms with E-state index in [0.717, 1.165) is 67.8 Å². The molecule has 4 N–H and O–H groups in total. The maximum atomic E-state index is 10.8. The van der Waals surface area contributed by atoms with E-state index in [4.69, 9.17) is 15.2 Å². The molecule has 0 atom stereocenters. The van der Waals surface area contributed by atoms with Gasteiger partial charge < -0.3 is 25.6 Å². The van der Waals surface area contributed by atoms with Crippen molar-refractivity contribution in [1.29, 1.82) is 0 Å². The fourth-order valence-electron chi connectivity index (χ4n) is 4.91. The molecule has 0 saturated carbocycles. The first kappa shape index (κ1) is 24.1. The number of fused-ring (bicyclic) bond motifs is 1. The minimum atomic E-state index is 0.298. The average molecular weight is 461 g/mol. The molecule has 0 fully saturated rings. The van der Waals surface area contributed by atoms with Crippen molar-refractivity contribution in [2.45, 2.75) is 38.5 Å². The zero-order valence-electron chi connectivity index (χ0n) is 20.3. The molecule has 4 rings (SSSR count). The van der Waals surface area contributed by atoms with Crippen molar-refractivity contribution in [2.24, 2.45) is 0 Å². The highest BCUT2D eigenvalue weighted by atomic mass is 16.5. The third-order valence-corrected chi connectivity index (χ3v) is 6.79. The number of hydrogen-bond acceptors (Lipinski definition) is 5. The van der Waals surface area contributed by atoms with Gasteiger partial charge in [-0.1, -0.05) is 30.3 Å². The molecule has 0 heterocycles. The van der Waals surface area contributed by atoms with Crippen molar-refractivity contribution >= 4 is 5.69 Å². The quantitative estimate of drug-likeness (QED) is 0.296. The fraction of sp³-hybridized carbons (Fsp3) is 0.379. The second-order valence-corrected chi connectivity index (χ2v) is 9.00. The van der Waals surface area contributed by atoms with Crippen LogP contribution in [0.15, 0.2) is 48.5 Å². The number of anilines is 1. The van der Waals surface area contributed by atoms with Crippen molar-refractivity contribution in [2.75, 3.05) is 39.6 Å². The van der Waals surface area contributed by atoms with Gasteiger partial charge in [-0.3, -0.25) is 0 Å². The number of nitrogens with one attached hydrogen (secondary N) is 1. The summed E-state index contributed by atoms with van der Waals surface area (Å²) in [6, 6.07) is 16.5. The fourth-order valence-corrected chi connectivity index (χ4v) is 4.91. The zero-order chi connectivity index (χ0) is 23.9. The largest absolute Gasteiger partial charge is 0.507 e. The molecule has 0 saturated heterocycles. The van der Waals surface area contributed by atoms with Gasteiger partial charge in [0, 0.05) is 42.5 Å². The lowest BCUT2D eigenvalue weighted by molar-refractivity contribution is 0.199. The number of ether oxygens (including phenoxy) is 2. The predicted octanol–water partition coefficient (Wildman–Crippen LogP) is 4.90. The van der Waals surface area contributed by atoms with Crippen LogP contribution in [0.2, 0.25) is 0 Å². The van der Waals surface area contributed by atoms with Gasteiger partial charge in [-0.15, -0.1) is 0 Å². The summed E-state index contributed by atoms with van der Waals surface area (Å²) in [6.07, 6.45) is 6.01. The Kier molecular flexibility index (Phi) is 8.09. The highest BCUT2D eigenvalue weighted by Crippen LogP contribution is 2.43. The minimum absolute atomic E-state index is 0.298. The van der Waals surface area contributed by atoms with Gasteiger partial charge in [0.15, 0.2) is 0 Å². The maximum Gasteiger partial charge on any atom is 0.124 e. The minimum Gasteiger partial charge on any atom is -0.507 e. The normalized spacial score (nSPS) is 13.0. The number of nitrogens with two attached hydrogens (primary N) is 1. The van der Waals surface area contributed by atoms with Crippen LogP contribution in [0.4, 0.5) is 5.69 Å². The average Bonchev–Trinajstić information content (AvgIpc) is 2.86. The highest BCUT2D eigenvalue weighted by molar-refractivity contribution is 5.86. The van der Waals surface area contributed by atoms with Crippen molar-refractivity contribution in [3.8, 4) is 22.6 Å². The van der Waals surface area contributed by atoms with Gasteiger partial charge in [0.25, 0.3) is 0 Å². The topological polar surface area (TPSA) is 76.7 Å². The van der Waals surface area contributed by atoms with Gasteiger partial charge in [-0.25, -0.2) is 0 Å². The van der Waals surface area contributed by atoms with Crippen LogP contribution in [-0.4, -0.2) is 39.0 Å². The van der Waals surface area contributed by atoms with Crippen LogP contribution in [-0.2, 0) is 30.4 Å². The Morgan fingerprint density at radius 1 is 0.912 bits per heavy atom. The van der Waals surface area contributed by atoms with Crippen LogP contribution in [0.1, 0.15) is 40.7 Å². The molecule has 180 valence electrons. The molecule has 34 heavy (non-hydrogen) atoms. The number of methoxy groups -OCH3 is 2. The molecule has 0 amide bonds. The van der Waals surface area contributed by atoms with E-state index >= 15 is 0 Å². The van der Waals surface area contributed by atoms with E-state index in [1.807, 2.05) is 18.2 Å². The van der Waals surface area contributed by atoms with Gasteiger partial charge in [0.1, 0.15) is 11.5 Å². The summed E-state index contributed by atoms with van der Waals surface area (Å²) in [7, 11) is 3.40. The molecule has 5 nitrogen and oxygen atoms in total. The van der Waals surface area contributed by atoms with Crippen molar-refractivity contribution in [3.05, 3.63) is 76.3 Å². The summed E-state index contributed by atoms with van der Waals surface area (Å²) in [4.78, 5) is 0. The molecular formula is C29H36N2O3. The second-order valence-electron chi connectivity index (χ2n) is 9.00. The molecule has 0 radical (unpaired) electrons. The van der Waals surface area contributed by atoms with Crippen LogP contribution in [0, 0.1) is 0 Å². The van der Waals surface area contributed by atoms with E-state index in [-0.39, 0.29) is 0 Å². The Morgan fingerprint density at radius 2 is 1.68 bits per heavy atom. The summed E-state index contributed by atoms with van der Waals surface area (Å²) >= 11 is 0. The van der Waals surface area contributed by atoms with Gasteiger partial charge >= 0.3 is 0 Å². The Morgan fingerprint density at radius 3 is 2.44 bits per heavy atom. The number of hydrogen-bond donors (Lipinski definition) is 3. The summed E-state index contributed by atoms with van der Waals surface area (Å²) in [5, 5.41) is 14.2. The molecule has 0 spiro atoms. The molecule has 0 aliphatic heterocycles. The lowest BCUT2D eigenvalue weighted by Gasteiger charge is -2.23. The van der Waals surface area contributed by atoms with E-state index in [9.17, 15) is 5.11 Å². The third-order valence-electron chi connectivity index (χ3n) is 6.79. The molecular weight excluding hydrogens is 424 g/mol. The van der Waals surface area contributed by atoms with E-state index in [1.165, 1.54) is 28.7 Å². The first-order chi connectivity index (χ1) is 16.6. The Bertz CT molecular complexity index is 1110. The SMILES string of the molecule is COCCNCCc1ccc(Cc2c(OC)ccc(-c3c(O)ccc4c3CCCC4)c2N)cc1. The highest BCUT2D eigenvalue weighted by Gasteiger charge is 2.22. The van der Waals surface area contributed by atoms with Crippen molar-refractivity contribution in [1.82, 2.24) is 5.32 Å². The number of benzene rings is 3. The standard InChI is InChI=1S/C29H36N2O3/c1-33-18-17-31-16-15-20-7-9-21(10-8-20)19-25-27(34-2)14-12-24(29(25)30)28-23-6-4-3-5-22(23)11-13-26(28)32/h7-14,31-32H,3-6,15-19,30H2,1-2H3. The van der Waals surface area contributed by atoms with Crippen molar-refractivity contribution < 1.29 is 14.6 Å². The van der Waals surface area contributed by atoms with Gasteiger partial charge in [0.2, 0.25) is 0 Å². The van der Waals surface area contributed by atoms with Crippen LogP contribution in [0.5, 0.6) is 11.5 Å². The van der Waals surface area contributed by atoms with Crippen LogP contribution >= 0.6 is 0 Å². The smallest absolute Gasteiger partial charge is 0.124 e. The Hall–Kier alpha value is -3.02. The van der Waals surface area contributed by atoms with E-state index < -0.39 is 0 Å². The molecule has 0 bridgehead atoms. The first-order valence-electron chi connectivity index (χ1n) is 12.2. The van der Waals surface area contributed by atoms with E-state index in [2.05, 4.69) is 35.6 Å². The summed E-state index contributed by atoms with van der Waals surface area (Å²) < 4.78 is 10.7. The van der Waals surface area contributed by atoms with Gasteiger partial charge in [0.05, 0.1) is 13.7 Å². The van der Waals surface area contributed by atoms with Crippen molar-refractivity contribution in [3.63, 3.8) is 0 Å². The third kappa shape index (κ3) is 5.37. The molecule has 1 aliphatic rings. The Balaban J connectivity index is 1.59. The number of aromatic hydroxyl groups is 1. The number of nitrogen functional groups attached to an aromatic ring is 1. The summed E-state index contributed by atoms with van der Waals surface area (Å²) in [6.45, 7) is 2.52. The van der Waals surface area contributed by atoms with E-state index in [1.54, 1.807) is 14.2 Å². The number of phenols is 1. The van der Waals surface area contributed by atoms with E-state index in [0.29, 0.717) is 17.9 Å². The number of phenolic OH excluding ortho intramolecular Hbond substituents is 1. The second kappa shape index (κ2) is 11.4. The van der Waals surface area contributed by atoms with Gasteiger partial charge in [-0.2, -0.15) is 0 Å². The zero-order valence-corrected chi connectivity index (χ0v) is 20.3. The molecule has 5 heteroatoms. The summed E-state index contributed by atoms with van der Waals surface area (Å²) in [5.74, 6) is 1.07. The number of rotatable bonds is 10. The van der Waals surface area contributed by atoms with Crippen LogP contribution < -0.4 is 15.8 Å². The first-order valence-corrected chi connectivity index (χ1v) is 12.2.